The maximum absolute atomic E-state index is 8.67. The summed E-state index contributed by atoms with van der Waals surface area (Å²) in [5.74, 6) is 0. The third-order valence-electron chi connectivity index (χ3n) is 3.20. The van der Waals surface area contributed by atoms with Crippen LogP contribution in [0.25, 0.3) is 0 Å². The lowest BCUT2D eigenvalue weighted by atomic mass is 10.0. The number of hydrogen-bond donors (Lipinski definition) is 1. The molecule has 92 valence electrons. The van der Waals surface area contributed by atoms with Crippen molar-refractivity contribution in [1.29, 1.82) is 5.26 Å². The second kappa shape index (κ2) is 7.65. The standard InChI is InChI=1S/C13H24N2O/c1-2-3-10-16-11-4-9-15-12-13(5-6-13)7-8-14/h15H,2-7,9-12H2,1H3. The van der Waals surface area contributed by atoms with Crippen molar-refractivity contribution >= 4 is 0 Å². The van der Waals surface area contributed by atoms with Gasteiger partial charge in [0.05, 0.1) is 6.07 Å². The molecule has 3 heteroatoms. The molecule has 0 heterocycles. The number of nitriles is 1. The lowest BCUT2D eigenvalue weighted by Crippen LogP contribution is -2.25. The van der Waals surface area contributed by atoms with Crippen LogP contribution in [0.4, 0.5) is 0 Å². The minimum atomic E-state index is 0.331. The number of ether oxygens (including phenoxy) is 1. The third-order valence-corrected chi connectivity index (χ3v) is 3.20. The van der Waals surface area contributed by atoms with Crippen LogP contribution in [0.2, 0.25) is 0 Å². The zero-order chi connectivity index (χ0) is 11.7. The Labute approximate surface area is 99.2 Å². The van der Waals surface area contributed by atoms with E-state index in [2.05, 4.69) is 18.3 Å². The van der Waals surface area contributed by atoms with Crippen LogP contribution >= 0.6 is 0 Å². The smallest absolute Gasteiger partial charge is 0.0628 e. The molecule has 1 N–H and O–H groups in total. The van der Waals surface area contributed by atoms with Gasteiger partial charge in [-0.1, -0.05) is 13.3 Å². The Morgan fingerprint density at radius 1 is 1.31 bits per heavy atom. The van der Waals surface area contributed by atoms with Gasteiger partial charge >= 0.3 is 0 Å². The van der Waals surface area contributed by atoms with E-state index in [0.717, 1.165) is 32.7 Å². The number of nitrogens with one attached hydrogen (secondary N) is 1. The monoisotopic (exact) mass is 224 g/mol. The van der Waals surface area contributed by atoms with Gasteiger partial charge in [-0.3, -0.25) is 0 Å². The summed E-state index contributed by atoms with van der Waals surface area (Å²) in [4.78, 5) is 0. The van der Waals surface area contributed by atoms with Crippen LogP contribution in [0.5, 0.6) is 0 Å². The Balaban J connectivity index is 1.83. The van der Waals surface area contributed by atoms with Gasteiger partial charge in [0.15, 0.2) is 0 Å². The first-order valence-corrected chi connectivity index (χ1v) is 6.48. The van der Waals surface area contributed by atoms with Gasteiger partial charge in [0.1, 0.15) is 0 Å². The molecule has 0 aliphatic heterocycles. The highest BCUT2D eigenvalue weighted by atomic mass is 16.5. The Morgan fingerprint density at radius 2 is 2.06 bits per heavy atom. The van der Waals surface area contributed by atoms with Crippen LogP contribution in [0.1, 0.15) is 45.4 Å². The van der Waals surface area contributed by atoms with Gasteiger partial charge in [-0.05, 0) is 37.6 Å². The van der Waals surface area contributed by atoms with E-state index in [1.807, 2.05) is 0 Å². The van der Waals surface area contributed by atoms with Gasteiger partial charge in [-0.2, -0.15) is 5.26 Å². The van der Waals surface area contributed by atoms with E-state index in [9.17, 15) is 0 Å². The number of unbranched alkanes of at least 4 members (excludes halogenated alkanes) is 1. The van der Waals surface area contributed by atoms with Crippen LogP contribution < -0.4 is 5.32 Å². The predicted octanol–water partition coefficient (Wildman–Crippen LogP) is 2.48. The number of nitrogens with zero attached hydrogens (tertiary/aromatic N) is 1. The molecule has 3 nitrogen and oxygen atoms in total. The van der Waals surface area contributed by atoms with Gasteiger partial charge in [-0.15, -0.1) is 0 Å². The molecule has 0 bridgehead atoms. The van der Waals surface area contributed by atoms with E-state index in [4.69, 9.17) is 10.00 Å². The van der Waals surface area contributed by atoms with Crippen LogP contribution in [0.15, 0.2) is 0 Å². The summed E-state index contributed by atoms with van der Waals surface area (Å²) in [5.41, 5.74) is 0.331. The van der Waals surface area contributed by atoms with Gasteiger partial charge in [-0.25, -0.2) is 0 Å². The van der Waals surface area contributed by atoms with E-state index in [-0.39, 0.29) is 0 Å². The lowest BCUT2D eigenvalue weighted by molar-refractivity contribution is 0.128. The third kappa shape index (κ3) is 5.48. The fourth-order valence-electron chi connectivity index (χ4n) is 1.76. The molecule has 1 fully saturated rings. The normalized spacial score (nSPS) is 17.0. The average molecular weight is 224 g/mol. The second-order valence-corrected chi connectivity index (χ2v) is 4.83. The van der Waals surface area contributed by atoms with Crippen molar-refractivity contribution in [3.63, 3.8) is 0 Å². The van der Waals surface area contributed by atoms with Crippen molar-refractivity contribution < 1.29 is 4.74 Å². The van der Waals surface area contributed by atoms with Gasteiger partial charge in [0, 0.05) is 26.2 Å². The van der Waals surface area contributed by atoms with Crippen molar-refractivity contribution in [3.8, 4) is 6.07 Å². The van der Waals surface area contributed by atoms with Gasteiger partial charge in [0.2, 0.25) is 0 Å². The summed E-state index contributed by atoms with van der Waals surface area (Å²) in [7, 11) is 0. The summed E-state index contributed by atoms with van der Waals surface area (Å²) in [6, 6.07) is 2.28. The minimum Gasteiger partial charge on any atom is -0.381 e. The van der Waals surface area contributed by atoms with E-state index < -0.39 is 0 Å². The molecule has 1 aliphatic rings. The maximum atomic E-state index is 8.67. The lowest BCUT2D eigenvalue weighted by Gasteiger charge is -2.12. The van der Waals surface area contributed by atoms with Gasteiger partial charge < -0.3 is 10.1 Å². The summed E-state index contributed by atoms with van der Waals surface area (Å²) in [6.45, 7) is 5.96. The Kier molecular flexibility index (Phi) is 6.44. The zero-order valence-electron chi connectivity index (χ0n) is 10.4. The molecule has 16 heavy (non-hydrogen) atoms. The molecule has 0 amide bonds. The van der Waals surface area contributed by atoms with Crippen molar-refractivity contribution in [3.05, 3.63) is 0 Å². The van der Waals surface area contributed by atoms with E-state index in [1.165, 1.54) is 25.7 Å². The molecular weight excluding hydrogens is 200 g/mol. The highest BCUT2D eigenvalue weighted by Crippen LogP contribution is 2.47. The van der Waals surface area contributed by atoms with Crippen molar-refractivity contribution in [2.45, 2.75) is 45.4 Å². The van der Waals surface area contributed by atoms with E-state index in [1.54, 1.807) is 0 Å². The highest BCUT2D eigenvalue weighted by molar-refractivity contribution is 5.00. The van der Waals surface area contributed by atoms with E-state index >= 15 is 0 Å². The fraction of sp³-hybridized carbons (Fsp3) is 0.923. The first-order valence-electron chi connectivity index (χ1n) is 6.48. The molecular formula is C13H24N2O. The Hall–Kier alpha value is -0.590. The van der Waals surface area contributed by atoms with Crippen molar-refractivity contribution in [2.24, 2.45) is 5.41 Å². The molecule has 0 saturated heterocycles. The van der Waals surface area contributed by atoms with Crippen molar-refractivity contribution in [2.75, 3.05) is 26.3 Å². The Morgan fingerprint density at radius 3 is 2.69 bits per heavy atom. The molecule has 1 aliphatic carbocycles. The van der Waals surface area contributed by atoms with Crippen LogP contribution in [-0.4, -0.2) is 26.3 Å². The first kappa shape index (κ1) is 13.5. The quantitative estimate of drug-likeness (QED) is 0.580. The molecule has 0 aromatic carbocycles. The molecule has 1 rings (SSSR count). The summed E-state index contributed by atoms with van der Waals surface area (Å²) >= 11 is 0. The zero-order valence-corrected chi connectivity index (χ0v) is 10.4. The molecule has 0 radical (unpaired) electrons. The first-order chi connectivity index (χ1) is 7.83. The second-order valence-electron chi connectivity index (χ2n) is 4.83. The van der Waals surface area contributed by atoms with Crippen molar-refractivity contribution in [1.82, 2.24) is 5.32 Å². The molecule has 0 aromatic rings. The van der Waals surface area contributed by atoms with Gasteiger partial charge in [0.25, 0.3) is 0 Å². The fourth-order valence-corrected chi connectivity index (χ4v) is 1.76. The molecule has 0 unspecified atom stereocenters. The van der Waals surface area contributed by atoms with Crippen LogP contribution in [0, 0.1) is 16.7 Å². The maximum Gasteiger partial charge on any atom is 0.0628 e. The highest BCUT2D eigenvalue weighted by Gasteiger charge is 2.41. The topological polar surface area (TPSA) is 45.0 Å². The van der Waals surface area contributed by atoms with Crippen LogP contribution in [-0.2, 0) is 4.74 Å². The minimum absolute atomic E-state index is 0.331. The summed E-state index contributed by atoms with van der Waals surface area (Å²) in [5, 5.41) is 12.1. The predicted molar refractivity (Wildman–Crippen MR) is 65.1 cm³/mol. The van der Waals surface area contributed by atoms with E-state index in [0.29, 0.717) is 11.8 Å². The SMILES string of the molecule is CCCCOCCCNCC1(CC#N)CC1. The molecule has 1 saturated carbocycles. The Bertz CT molecular complexity index is 218. The molecule has 0 atom stereocenters. The van der Waals surface area contributed by atoms with Crippen LogP contribution in [0.3, 0.4) is 0 Å². The molecule has 0 aromatic heterocycles. The largest absolute Gasteiger partial charge is 0.381 e. The summed E-state index contributed by atoms with van der Waals surface area (Å²) < 4.78 is 5.48. The average Bonchev–Trinajstić information content (AvgIpc) is 3.03. The number of hydrogen-bond acceptors (Lipinski definition) is 3. The number of rotatable bonds is 10. The molecule has 0 spiro atoms. The summed E-state index contributed by atoms with van der Waals surface area (Å²) in [6.07, 6.45) is 6.61.